The van der Waals surface area contributed by atoms with Crippen LogP contribution in [0.15, 0.2) is 42.5 Å². The molecule has 0 aliphatic heterocycles. The Balaban J connectivity index is 1.90. The van der Waals surface area contributed by atoms with Crippen LogP contribution in [0, 0.1) is 24.0 Å². The highest BCUT2D eigenvalue weighted by Gasteiger charge is 2.32. The van der Waals surface area contributed by atoms with Gasteiger partial charge >= 0.3 is 5.97 Å². The van der Waals surface area contributed by atoms with Crippen LogP contribution in [0.1, 0.15) is 37.5 Å². The summed E-state index contributed by atoms with van der Waals surface area (Å²) in [6.45, 7) is 8.14. The number of amides is 1. The number of carbonyl (C=O) groups excluding carboxylic acids is 2. The van der Waals surface area contributed by atoms with E-state index < -0.39 is 22.8 Å². The number of anilines is 1. The van der Waals surface area contributed by atoms with E-state index in [4.69, 9.17) is 9.47 Å². The normalized spacial score (nSPS) is 11.9. The molecule has 0 saturated carbocycles. The average molecular weight is 444 g/mol. The third-order valence-corrected chi connectivity index (χ3v) is 4.37. The molecule has 0 saturated heterocycles. The van der Waals surface area contributed by atoms with Crippen molar-refractivity contribution in [2.75, 3.05) is 11.9 Å². The fraction of sp³-hybridized carbons (Fsp3) is 0.391. The van der Waals surface area contributed by atoms with Crippen molar-refractivity contribution in [2.24, 2.45) is 0 Å². The Hall–Kier alpha value is -3.62. The van der Waals surface area contributed by atoms with E-state index in [9.17, 15) is 19.7 Å². The summed E-state index contributed by atoms with van der Waals surface area (Å²) in [6.07, 6.45) is -0.702. The maximum atomic E-state index is 12.3. The van der Waals surface area contributed by atoms with Crippen molar-refractivity contribution < 1.29 is 29.0 Å². The lowest BCUT2D eigenvalue weighted by Gasteiger charge is -2.25. The number of nitrogens with one attached hydrogen (secondary N) is 1. The minimum atomic E-state index is -1.32. The Morgan fingerprint density at radius 3 is 2.25 bits per heavy atom. The largest absolute Gasteiger partial charge is 0.476 e. The first-order chi connectivity index (χ1) is 14.9. The Kier molecular flexibility index (Phi) is 8.17. The summed E-state index contributed by atoms with van der Waals surface area (Å²) in [6, 6.07) is 12.7. The maximum Gasteiger partial charge on any atom is 0.349 e. The Morgan fingerprint density at radius 1 is 1.09 bits per heavy atom. The SMILES string of the molecule is Cc1cc(C)cc(NC(=O)Cc2ccc(OC(C)(C)C(=O)OCC(C)O[N+](=O)[O-])cc2)c1. The number of aryl methyl sites for hydroxylation is 2. The van der Waals surface area contributed by atoms with Gasteiger partial charge < -0.3 is 19.6 Å². The first-order valence-electron chi connectivity index (χ1n) is 10.1. The number of esters is 1. The van der Waals surface area contributed by atoms with Gasteiger partial charge in [-0.05, 0) is 75.6 Å². The molecule has 32 heavy (non-hydrogen) atoms. The van der Waals surface area contributed by atoms with Gasteiger partial charge in [0.15, 0.2) is 5.60 Å². The van der Waals surface area contributed by atoms with Crippen LogP contribution in [-0.2, 0) is 25.6 Å². The number of nitrogens with zero attached hydrogens (tertiary/aromatic N) is 1. The summed E-state index contributed by atoms with van der Waals surface area (Å²) >= 11 is 0. The molecule has 0 spiro atoms. The number of rotatable bonds is 10. The van der Waals surface area contributed by atoms with E-state index in [2.05, 4.69) is 10.2 Å². The molecule has 2 rings (SSSR count). The highest BCUT2D eigenvalue weighted by atomic mass is 17.0. The van der Waals surface area contributed by atoms with E-state index in [-0.39, 0.29) is 18.9 Å². The molecule has 172 valence electrons. The molecular weight excluding hydrogens is 416 g/mol. The minimum absolute atomic E-state index is 0.140. The third kappa shape index (κ3) is 7.90. The second-order valence-corrected chi connectivity index (χ2v) is 8.10. The molecule has 1 unspecified atom stereocenters. The molecule has 0 radical (unpaired) electrons. The molecular formula is C23H28N2O7. The quantitative estimate of drug-likeness (QED) is 0.337. The zero-order valence-corrected chi connectivity index (χ0v) is 18.8. The predicted molar refractivity (Wildman–Crippen MR) is 118 cm³/mol. The molecule has 0 aliphatic rings. The summed E-state index contributed by atoms with van der Waals surface area (Å²) in [5.74, 6) is -0.410. The second kappa shape index (κ2) is 10.6. The fourth-order valence-corrected chi connectivity index (χ4v) is 2.99. The van der Waals surface area contributed by atoms with Crippen LogP contribution in [0.25, 0.3) is 0 Å². The van der Waals surface area contributed by atoms with Gasteiger partial charge in [-0.15, -0.1) is 10.1 Å². The summed E-state index contributed by atoms with van der Waals surface area (Å²) in [7, 11) is 0. The number of carbonyl (C=O) groups is 2. The van der Waals surface area contributed by atoms with Crippen molar-refractivity contribution >= 4 is 17.6 Å². The Bertz CT molecular complexity index is 951. The summed E-state index contributed by atoms with van der Waals surface area (Å²) in [5.41, 5.74) is 2.36. The molecule has 0 bridgehead atoms. The van der Waals surface area contributed by atoms with Crippen LogP contribution < -0.4 is 10.1 Å². The average Bonchev–Trinajstić information content (AvgIpc) is 2.66. The summed E-state index contributed by atoms with van der Waals surface area (Å²) in [4.78, 5) is 39.2. The number of hydrogen-bond donors (Lipinski definition) is 1. The summed E-state index contributed by atoms with van der Waals surface area (Å²) < 4.78 is 10.8. The lowest BCUT2D eigenvalue weighted by molar-refractivity contribution is -0.767. The number of hydrogen-bond acceptors (Lipinski definition) is 7. The van der Waals surface area contributed by atoms with Gasteiger partial charge in [-0.3, -0.25) is 4.79 Å². The van der Waals surface area contributed by atoms with Gasteiger partial charge in [-0.1, -0.05) is 18.2 Å². The number of benzene rings is 2. The van der Waals surface area contributed by atoms with Crippen molar-refractivity contribution in [3.05, 3.63) is 69.3 Å². The van der Waals surface area contributed by atoms with E-state index in [1.807, 2.05) is 32.0 Å². The van der Waals surface area contributed by atoms with Crippen molar-refractivity contribution in [2.45, 2.75) is 52.7 Å². The van der Waals surface area contributed by atoms with Gasteiger partial charge in [-0.2, -0.15) is 0 Å². The Labute approximate surface area is 186 Å². The van der Waals surface area contributed by atoms with Crippen molar-refractivity contribution in [3.63, 3.8) is 0 Å². The number of ether oxygens (including phenoxy) is 2. The van der Waals surface area contributed by atoms with Gasteiger partial charge in [0.1, 0.15) is 18.5 Å². The van der Waals surface area contributed by atoms with Crippen LogP contribution in [0.3, 0.4) is 0 Å². The van der Waals surface area contributed by atoms with Crippen LogP contribution in [0.5, 0.6) is 5.75 Å². The zero-order chi connectivity index (χ0) is 23.9. The third-order valence-electron chi connectivity index (χ3n) is 4.37. The van der Waals surface area contributed by atoms with Crippen LogP contribution in [-0.4, -0.2) is 35.3 Å². The standard InChI is InChI=1S/C23H28N2O7/c1-15-10-16(2)12-19(11-15)24-21(26)13-18-6-8-20(9-7-18)31-23(4,5)22(27)30-14-17(3)32-25(28)29/h6-12,17H,13-14H2,1-5H3,(H,24,26). The van der Waals surface area contributed by atoms with Crippen LogP contribution >= 0.6 is 0 Å². The Morgan fingerprint density at radius 2 is 1.69 bits per heavy atom. The highest BCUT2D eigenvalue weighted by Crippen LogP contribution is 2.21. The molecule has 0 aromatic heterocycles. The molecule has 0 aliphatic carbocycles. The lowest BCUT2D eigenvalue weighted by atomic mass is 10.1. The van der Waals surface area contributed by atoms with E-state index in [1.54, 1.807) is 24.3 Å². The minimum Gasteiger partial charge on any atom is -0.476 e. The molecule has 2 aromatic carbocycles. The molecule has 2 aromatic rings. The van der Waals surface area contributed by atoms with Gasteiger partial charge in [0.25, 0.3) is 5.09 Å². The molecule has 9 nitrogen and oxygen atoms in total. The second-order valence-electron chi connectivity index (χ2n) is 8.10. The molecule has 0 heterocycles. The van der Waals surface area contributed by atoms with Gasteiger partial charge in [0.05, 0.1) is 6.42 Å². The van der Waals surface area contributed by atoms with Crippen molar-refractivity contribution in [1.82, 2.24) is 0 Å². The molecule has 0 fully saturated rings. The topological polar surface area (TPSA) is 117 Å². The fourth-order valence-electron chi connectivity index (χ4n) is 2.99. The monoisotopic (exact) mass is 444 g/mol. The van der Waals surface area contributed by atoms with E-state index in [1.165, 1.54) is 20.8 Å². The zero-order valence-electron chi connectivity index (χ0n) is 18.8. The smallest absolute Gasteiger partial charge is 0.349 e. The van der Waals surface area contributed by atoms with Crippen LogP contribution in [0.2, 0.25) is 0 Å². The molecule has 1 atom stereocenters. The van der Waals surface area contributed by atoms with Crippen LogP contribution in [0.4, 0.5) is 5.69 Å². The highest BCUT2D eigenvalue weighted by molar-refractivity contribution is 5.92. The van der Waals surface area contributed by atoms with Gasteiger partial charge in [0.2, 0.25) is 5.91 Å². The molecule has 1 N–H and O–H groups in total. The predicted octanol–water partition coefficient (Wildman–Crippen LogP) is 3.78. The van der Waals surface area contributed by atoms with E-state index in [0.29, 0.717) is 5.75 Å². The first-order valence-corrected chi connectivity index (χ1v) is 10.1. The summed E-state index contributed by atoms with van der Waals surface area (Å²) in [5, 5.41) is 12.2. The van der Waals surface area contributed by atoms with E-state index >= 15 is 0 Å². The first kappa shape index (κ1) is 24.6. The van der Waals surface area contributed by atoms with Crippen molar-refractivity contribution in [1.29, 1.82) is 0 Å². The lowest BCUT2D eigenvalue weighted by Crippen LogP contribution is -2.41. The van der Waals surface area contributed by atoms with Gasteiger partial charge in [0, 0.05) is 5.69 Å². The van der Waals surface area contributed by atoms with Crippen molar-refractivity contribution in [3.8, 4) is 5.75 Å². The molecule has 9 heteroatoms. The van der Waals surface area contributed by atoms with Gasteiger partial charge in [-0.25, -0.2) is 4.79 Å². The van der Waals surface area contributed by atoms with E-state index in [0.717, 1.165) is 22.4 Å². The molecule has 1 amide bonds. The maximum absolute atomic E-state index is 12.3.